The van der Waals surface area contributed by atoms with E-state index in [0.717, 1.165) is 38.7 Å². The Bertz CT molecular complexity index is 500. The smallest absolute Gasteiger partial charge is 0.308 e. The fourth-order valence-corrected chi connectivity index (χ4v) is 3.35. The summed E-state index contributed by atoms with van der Waals surface area (Å²) in [4.78, 5) is 12.0. The molecule has 30 heavy (non-hydrogen) atoms. The van der Waals surface area contributed by atoms with Crippen molar-refractivity contribution in [2.75, 3.05) is 6.61 Å². The van der Waals surface area contributed by atoms with Crippen molar-refractivity contribution in [2.24, 2.45) is 0 Å². The largest absolute Gasteiger partial charge is 0.460 e. The van der Waals surface area contributed by atoms with E-state index in [-0.39, 0.29) is 24.8 Å². The molecule has 1 N–H and O–H groups in total. The van der Waals surface area contributed by atoms with Crippen LogP contribution in [0.15, 0.2) is 24.3 Å². The summed E-state index contributed by atoms with van der Waals surface area (Å²) in [7, 11) is 0. The van der Waals surface area contributed by atoms with Crippen molar-refractivity contribution in [2.45, 2.75) is 122 Å². The van der Waals surface area contributed by atoms with Crippen molar-refractivity contribution in [3.05, 3.63) is 24.3 Å². The van der Waals surface area contributed by atoms with Gasteiger partial charge in [-0.25, -0.2) is 0 Å². The van der Waals surface area contributed by atoms with Crippen molar-refractivity contribution in [1.82, 2.24) is 0 Å². The van der Waals surface area contributed by atoms with Crippen LogP contribution in [0.25, 0.3) is 0 Å². The van der Waals surface area contributed by atoms with Crippen molar-refractivity contribution in [1.29, 1.82) is 0 Å². The van der Waals surface area contributed by atoms with E-state index in [1.54, 1.807) is 0 Å². The standard InChI is InChI=1S/C25H44O5/c1-5-6-7-8-9-10-11-12-13-16-22(29-24-17-14-15-18-28-24)19-21(26)20-23(27)30-25(2,3)4/h9-10,12-13,21-22,24,26H,5-8,11,14-20H2,1-4H3/b10-9-,13-12-/t21?,22?,24-/m1/s1. The highest BCUT2D eigenvalue weighted by atomic mass is 16.7. The van der Waals surface area contributed by atoms with E-state index in [1.807, 2.05) is 20.8 Å². The lowest BCUT2D eigenvalue weighted by molar-refractivity contribution is -0.192. The zero-order valence-corrected chi connectivity index (χ0v) is 19.6. The zero-order valence-electron chi connectivity index (χ0n) is 19.6. The first kappa shape index (κ1) is 26.9. The molecule has 0 bridgehead atoms. The Morgan fingerprint density at radius 3 is 2.60 bits per heavy atom. The maximum atomic E-state index is 12.0. The fourth-order valence-electron chi connectivity index (χ4n) is 3.35. The Hall–Kier alpha value is -1.17. The summed E-state index contributed by atoms with van der Waals surface area (Å²) in [6, 6.07) is 0. The average molecular weight is 425 g/mol. The van der Waals surface area contributed by atoms with Crippen LogP contribution in [0.5, 0.6) is 0 Å². The van der Waals surface area contributed by atoms with Crippen molar-refractivity contribution < 1.29 is 24.1 Å². The van der Waals surface area contributed by atoms with E-state index in [1.165, 1.54) is 19.3 Å². The molecule has 1 fully saturated rings. The highest BCUT2D eigenvalue weighted by molar-refractivity contribution is 5.70. The van der Waals surface area contributed by atoms with E-state index in [4.69, 9.17) is 14.2 Å². The highest BCUT2D eigenvalue weighted by Gasteiger charge is 2.24. The molecule has 1 saturated heterocycles. The van der Waals surface area contributed by atoms with E-state index < -0.39 is 11.7 Å². The molecular formula is C25H44O5. The summed E-state index contributed by atoms with van der Waals surface area (Å²) in [6.07, 6.45) is 17.4. The number of hydrogen-bond acceptors (Lipinski definition) is 5. The number of hydrogen-bond donors (Lipinski definition) is 1. The van der Waals surface area contributed by atoms with Crippen LogP contribution in [0.1, 0.15) is 98.3 Å². The number of carbonyl (C=O) groups is 1. The van der Waals surface area contributed by atoms with Gasteiger partial charge in [0.2, 0.25) is 0 Å². The monoisotopic (exact) mass is 424 g/mol. The molecule has 174 valence electrons. The number of aliphatic hydroxyl groups is 1. The minimum atomic E-state index is -0.791. The van der Waals surface area contributed by atoms with Crippen LogP contribution in [0.2, 0.25) is 0 Å². The van der Waals surface area contributed by atoms with Gasteiger partial charge in [-0.1, -0.05) is 44.1 Å². The Morgan fingerprint density at radius 2 is 1.93 bits per heavy atom. The molecule has 0 radical (unpaired) electrons. The van der Waals surface area contributed by atoms with Crippen molar-refractivity contribution >= 4 is 5.97 Å². The molecule has 1 aliphatic rings. The fraction of sp³-hybridized carbons (Fsp3) is 0.800. The van der Waals surface area contributed by atoms with Crippen LogP contribution in [-0.4, -0.2) is 41.8 Å². The van der Waals surface area contributed by atoms with Gasteiger partial charge >= 0.3 is 5.97 Å². The topological polar surface area (TPSA) is 65.0 Å². The molecule has 1 aliphatic heterocycles. The second-order valence-corrected chi connectivity index (χ2v) is 9.14. The molecule has 1 heterocycles. The lowest BCUT2D eigenvalue weighted by atomic mass is 10.0. The van der Waals surface area contributed by atoms with Gasteiger partial charge in [0, 0.05) is 13.0 Å². The van der Waals surface area contributed by atoms with Crippen LogP contribution in [0, 0.1) is 0 Å². The predicted octanol–water partition coefficient (Wildman–Crippen LogP) is 5.85. The van der Waals surface area contributed by atoms with Crippen molar-refractivity contribution in [3.8, 4) is 0 Å². The lowest BCUT2D eigenvalue weighted by Crippen LogP contribution is -2.32. The van der Waals surface area contributed by atoms with Gasteiger partial charge in [0.25, 0.3) is 0 Å². The van der Waals surface area contributed by atoms with Crippen LogP contribution < -0.4 is 0 Å². The second-order valence-electron chi connectivity index (χ2n) is 9.14. The Morgan fingerprint density at radius 1 is 1.17 bits per heavy atom. The molecule has 0 saturated carbocycles. The molecule has 5 heteroatoms. The van der Waals surface area contributed by atoms with Crippen LogP contribution in [-0.2, 0) is 19.0 Å². The van der Waals surface area contributed by atoms with Crippen LogP contribution in [0.4, 0.5) is 0 Å². The highest BCUT2D eigenvalue weighted by Crippen LogP contribution is 2.20. The number of rotatable bonds is 14. The first-order valence-electron chi connectivity index (χ1n) is 11.8. The number of aliphatic hydroxyl groups excluding tert-OH is 1. The number of carbonyl (C=O) groups excluding carboxylic acids is 1. The summed E-state index contributed by atoms with van der Waals surface area (Å²) in [5, 5.41) is 10.4. The van der Waals surface area contributed by atoms with Crippen LogP contribution in [0.3, 0.4) is 0 Å². The molecule has 3 atom stereocenters. The van der Waals surface area contributed by atoms with E-state index in [2.05, 4.69) is 31.2 Å². The molecule has 2 unspecified atom stereocenters. The third-order valence-corrected chi connectivity index (χ3v) is 4.82. The van der Waals surface area contributed by atoms with E-state index in [0.29, 0.717) is 12.8 Å². The summed E-state index contributed by atoms with van der Waals surface area (Å²) < 4.78 is 17.1. The molecule has 5 nitrogen and oxygen atoms in total. The lowest BCUT2D eigenvalue weighted by Gasteiger charge is -2.28. The second kappa shape index (κ2) is 15.6. The number of unbranched alkanes of at least 4 members (excludes halogenated alkanes) is 3. The molecule has 0 amide bonds. The summed E-state index contributed by atoms with van der Waals surface area (Å²) in [6.45, 7) is 8.41. The molecule has 0 spiro atoms. The molecule has 0 aromatic rings. The Kier molecular flexibility index (Phi) is 14.0. The van der Waals surface area contributed by atoms with Gasteiger partial charge < -0.3 is 19.3 Å². The van der Waals surface area contributed by atoms with Gasteiger partial charge in [-0.05, 0) is 65.7 Å². The predicted molar refractivity (Wildman–Crippen MR) is 121 cm³/mol. The number of allylic oxidation sites excluding steroid dienone is 3. The van der Waals surface area contributed by atoms with Crippen molar-refractivity contribution in [3.63, 3.8) is 0 Å². The molecule has 0 aromatic carbocycles. The minimum Gasteiger partial charge on any atom is -0.460 e. The van der Waals surface area contributed by atoms with Gasteiger partial charge in [0.1, 0.15) is 5.60 Å². The van der Waals surface area contributed by atoms with Gasteiger partial charge in [0.15, 0.2) is 6.29 Å². The first-order valence-corrected chi connectivity index (χ1v) is 11.8. The molecular weight excluding hydrogens is 380 g/mol. The zero-order chi connectivity index (χ0) is 22.2. The van der Waals surface area contributed by atoms with Gasteiger partial charge in [-0.3, -0.25) is 4.79 Å². The average Bonchev–Trinajstić information content (AvgIpc) is 2.65. The normalized spacial score (nSPS) is 20.0. The van der Waals surface area contributed by atoms with Gasteiger partial charge in [0.05, 0.1) is 18.6 Å². The first-order chi connectivity index (χ1) is 14.3. The third kappa shape index (κ3) is 14.8. The van der Waals surface area contributed by atoms with Crippen LogP contribution >= 0.6 is 0 Å². The summed E-state index contributed by atoms with van der Waals surface area (Å²) in [5.41, 5.74) is -0.546. The molecule has 1 rings (SSSR count). The molecule has 0 aliphatic carbocycles. The quantitative estimate of drug-likeness (QED) is 0.215. The van der Waals surface area contributed by atoms with Gasteiger partial charge in [-0.2, -0.15) is 0 Å². The Balaban J connectivity index is 2.46. The van der Waals surface area contributed by atoms with Gasteiger partial charge in [-0.15, -0.1) is 0 Å². The Labute approximate surface area is 183 Å². The van der Waals surface area contributed by atoms with E-state index in [9.17, 15) is 9.90 Å². The SMILES string of the molecule is CCCCC/C=C\C/C=C\CC(CC(O)CC(=O)OC(C)(C)C)O[C@@H]1CCCCO1. The maximum Gasteiger partial charge on any atom is 0.308 e. The number of esters is 1. The molecule has 0 aromatic heterocycles. The maximum absolute atomic E-state index is 12.0. The third-order valence-electron chi connectivity index (χ3n) is 4.82. The van der Waals surface area contributed by atoms with E-state index >= 15 is 0 Å². The number of ether oxygens (including phenoxy) is 3. The summed E-state index contributed by atoms with van der Waals surface area (Å²) >= 11 is 0. The minimum absolute atomic E-state index is 0.0210. The summed E-state index contributed by atoms with van der Waals surface area (Å²) in [5.74, 6) is -0.383.